The Morgan fingerprint density at radius 2 is 1.78 bits per heavy atom. The van der Waals surface area contributed by atoms with Gasteiger partial charge in [0.25, 0.3) is 0 Å². The fourth-order valence-electron chi connectivity index (χ4n) is 3.39. The standard InChI is InChI=1S/C25H30N2O5/c1-4-13-32-24-12-11-17(25(29)30)14-20(24)21-15-22(27(26-21)16-18(28)5-2)19-9-7-8-10-23(19)31-6-3/h7-12,14-15,18,28H,4-6,13,16H2,1-3H3,(H,29,30). The van der Waals surface area contributed by atoms with Crippen molar-refractivity contribution < 1.29 is 24.5 Å². The lowest BCUT2D eigenvalue weighted by molar-refractivity contribution is 0.0697. The van der Waals surface area contributed by atoms with E-state index in [1.54, 1.807) is 16.8 Å². The van der Waals surface area contributed by atoms with Gasteiger partial charge in [0.2, 0.25) is 0 Å². The molecule has 2 N–H and O–H groups in total. The lowest BCUT2D eigenvalue weighted by Gasteiger charge is -2.14. The van der Waals surface area contributed by atoms with Crippen molar-refractivity contribution in [2.24, 2.45) is 0 Å². The van der Waals surface area contributed by atoms with Gasteiger partial charge < -0.3 is 19.7 Å². The number of carboxylic acids is 1. The van der Waals surface area contributed by atoms with Crippen LogP contribution in [0.5, 0.6) is 11.5 Å². The monoisotopic (exact) mass is 438 g/mol. The molecule has 2 aromatic carbocycles. The Kier molecular flexibility index (Phi) is 7.89. The van der Waals surface area contributed by atoms with Gasteiger partial charge in [-0.1, -0.05) is 26.0 Å². The van der Waals surface area contributed by atoms with Gasteiger partial charge in [-0.05, 0) is 56.2 Å². The highest BCUT2D eigenvalue weighted by Crippen LogP contribution is 2.36. The van der Waals surface area contributed by atoms with Crippen molar-refractivity contribution >= 4 is 5.97 Å². The molecule has 3 rings (SSSR count). The van der Waals surface area contributed by atoms with Crippen molar-refractivity contribution in [2.75, 3.05) is 13.2 Å². The molecule has 0 saturated heterocycles. The zero-order valence-corrected chi connectivity index (χ0v) is 18.7. The van der Waals surface area contributed by atoms with Crippen molar-refractivity contribution in [3.05, 3.63) is 54.1 Å². The molecule has 0 bridgehead atoms. The number of nitrogens with zero attached hydrogens (tertiary/aromatic N) is 2. The van der Waals surface area contributed by atoms with Crippen LogP contribution in [0, 0.1) is 0 Å². The van der Waals surface area contributed by atoms with Crippen LogP contribution < -0.4 is 9.47 Å². The van der Waals surface area contributed by atoms with Crippen LogP contribution in [0.1, 0.15) is 44.0 Å². The highest BCUT2D eigenvalue weighted by molar-refractivity contribution is 5.90. The van der Waals surface area contributed by atoms with Crippen molar-refractivity contribution in [1.82, 2.24) is 9.78 Å². The van der Waals surface area contributed by atoms with Gasteiger partial charge in [-0.25, -0.2) is 4.79 Å². The van der Waals surface area contributed by atoms with Gasteiger partial charge in [0.15, 0.2) is 0 Å². The smallest absolute Gasteiger partial charge is 0.335 e. The van der Waals surface area contributed by atoms with Crippen LogP contribution in [0.4, 0.5) is 0 Å². The van der Waals surface area contributed by atoms with Crippen molar-refractivity contribution in [3.63, 3.8) is 0 Å². The van der Waals surface area contributed by atoms with Crippen LogP contribution in [-0.2, 0) is 6.54 Å². The number of aromatic nitrogens is 2. The van der Waals surface area contributed by atoms with E-state index in [1.807, 2.05) is 51.1 Å². The Hall–Kier alpha value is -3.32. The topological polar surface area (TPSA) is 93.8 Å². The van der Waals surface area contributed by atoms with Crippen LogP contribution in [0.15, 0.2) is 48.5 Å². The molecule has 0 aliphatic carbocycles. The fourth-order valence-corrected chi connectivity index (χ4v) is 3.39. The number of ether oxygens (including phenoxy) is 2. The van der Waals surface area contributed by atoms with E-state index in [-0.39, 0.29) is 5.56 Å². The van der Waals surface area contributed by atoms with E-state index >= 15 is 0 Å². The zero-order chi connectivity index (χ0) is 23.1. The Labute approximate surface area is 188 Å². The van der Waals surface area contributed by atoms with Crippen LogP contribution >= 0.6 is 0 Å². The fraction of sp³-hybridized carbons (Fsp3) is 0.360. The summed E-state index contributed by atoms with van der Waals surface area (Å²) in [5.74, 6) is 0.272. The third-order valence-corrected chi connectivity index (χ3v) is 5.06. The molecule has 3 aromatic rings. The Morgan fingerprint density at radius 1 is 1.03 bits per heavy atom. The molecule has 170 valence electrons. The lowest BCUT2D eigenvalue weighted by Crippen LogP contribution is -2.16. The molecule has 1 unspecified atom stereocenters. The summed E-state index contributed by atoms with van der Waals surface area (Å²) in [5, 5.41) is 24.6. The van der Waals surface area contributed by atoms with Gasteiger partial charge in [0, 0.05) is 11.1 Å². The van der Waals surface area contributed by atoms with E-state index in [4.69, 9.17) is 14.6 Å². The lowest BCUT2D eigenvalue weighted by atomic mass is 10.0. The first-order chi connectivity index (χ1) is 15.5. The van der Waals surface area contributed by atoms with Gasteiger partial charge in [-0.2, -0.15) is 5.10 Å². The van der Waals surface area contributed by atoms with Crippen LogP contribution in [0.25, 0.3) is 22.5 Å². The van der Waals surface area contributed by atoms with Gasteiger partial charge >= 0.3 is 5.97 Å². The first-order valence-corrected chi connectivity index (χ1v) is 11.0. The molecule has 0 amide bonds. The Balaban J connectivity index is 2.18. The molecule has 0 saturated carbocycles. The molecular formula is C25H30N2O5. The number of para-hydroxylation sites is 1. The molecule has 0 spiro atoms. The number of carbonyl (C=O) groups is 1. The minimum Gasteiger partial charge on any atom is -0.493 e. The normalized spacial score (nSPS) is 11.9. The molecule has 1 heterocycles. The molecule has 32 heavy (non-hydrogen) atoms. The first-order valence-electron chi connectivity index (χ1n) is 11.0. The maximum atomic E-state index is 11.6. The summed E-state index contributed by atoms with van der Waals surface area (Å²) in [6.45, 7) is 7.18. The Morgan fingerprint density at radius 3 is 2.47 bits per heavy atom. The minimum atomic E-state index is -1.02. The van der Waals surface area contributed by atoms with Gasteiger partial charge in [-0.3, -0.25) is 4.68 Å². The summed E-state index contributed by atoms with van der Waals surface area (Å²) in [7, 11) is 0. The number of rotatable bonds is 11. The molecular weight excluding hydrogens is 408 g/mol. The highest BCUT2D eigenvalue weighted by atomic mass is 16.5. The number of aliphatic hydroxyl groups is 1. The van der Waals surface area contributed by atoms with Crippen molar-refractivity contribution in [1.29, 1.82) is 0 Å². The molecule has 0 aliphatic rings. The quantitative estimate of drug-likeness (QED) is 0.443. The number of carboxylic acid groups (broad SMARTS) is 1. The summed E-state index contributed by atoms with van der Waals surface area (Å²) in [4.78, 5) is 11.6. The maximum Gasteiger partial charge on any atom is 0.335 e. The number of benzene rings is 2. The van der Waals surface area contributed by atoms with Crippen LogP contribution in [0.2, 0.25) is 0 Å². The molecule has 0 aliphatic heterocycles. The van der Waals surface area contributed by atoms with Gasteiger partial charge in [0.1, 0.15) is 11.5 Å². The molecule has 7 heteroatoms. The van der Waals surface area contributed by atoms with E-state index in [0.717, 1.165) is 23.4 Å². The van der Waals surface area contributed by atoms with Crippen LogP contribution in [0.3, 0.4) is 0 Å². The van der Waals surface area contributed by atoms with Gasteiger partial charge in [-0.15, -0.1) is 0 Å². The summed E-state index contributed by atoms with van der Waals surface area (Å²) < 4.78 is 13.4. The predicted molar refractivity (Wildman–Crippen MR) is 123 cm³/mol. The second-order valence-corrected chi connectivity index (χ2v) is 7.45. The minimum absolute atomic E-state index is 0.156. The van der Waals surface area contributed by atoms with E-state index in [2.05, 4.69) is 0 Å². The molecule has 0 radical (unpaired) electrons. The Bertz CT molecular complexity index is 1060. The summed E-state index contributed by atoms with van der Waals surface area (Å²) in [6.07, 6.45) is 0.840. The van der Waals surface area contributed by atoms with E-state index in [9.17, 15) is 15.0 Å². The van der Waals surface area contributed by atoms with Crippen molar-refractivity contribution in [2.45, 2.75) is 46.3 Å². The second-order valence-electron chi connectivity index (χ2n) is 7.45. The average molecular weight is 439 g/mol. The molecule has 1 atom stereocenters. The highest BCUT2D eigenvalue weighted by Gasteiger charge is 2.20. The van der Waals surface area contributed by atoms with E-state index < -0.39 is 12.1 Å². The summed E-state index contributed by atoms with van der Waals surface area (Å²) in [6, 6.07) is 14.3. The van der Waals surface area contributed by atoms with Crippen molar-refractivity contribution in [3.8, 4) is 34.0 Å². The zero-order valence-electron chi connectivity index (χ0n) is 18.7. The van der Waals surface area contributed by atoms with Gasteiger partial charge in [0.05, 0.1) is 42.8 Å². The third-order valence-electron chi connectivity index (χ3n) is 5.06. The average Bonchev–Trinajstić information content (AvgIpc) is 3.21. The second kappa shape index (κ2) is 10.8. The largest absolute Gasteiger partial charge is 0.493 e. The van der Waals surface area contributed by atoms with E-state index in [1.165, 1.54) is 6.07 Å². The maximum absolute atomic E-state index is 11.6. The van der Waals surface area contributed by atoms with Crippen LogP contribution in [-0.4, -0.2) is 45.3 Å². The van der Waals surface area contributed by atoms with E-state index in [0.29, 0.717) is 43.2 Å². The number of aliphatic hydroxyl groups excluding tert-OH is 1. The summed E-state index contributed by atoms with van der Waals surface area (Å²) >= 11 is 0. The third kappa shape index (κ3) is 5.29. The number of hydrogen-bond acceptors (Lipinski definition) is 5. The predicted octanol–water partition coefficient (Wildman–Crippen LogP) is 4.87. The molecule has 7 nitrogen and oxygen atoms in total. The first kappa shape index (κ1) is 23.3. The SMILES string of the molecule is CCCOc1ccc(C(=O)O)cc1-c1cc(-c2ccccc2OCC)n(CC(O)CC)n1. The summed E-state index contributed by atoms with van der Waals surface area (Å²) in [5.41, 5.74) is 2.95. The number of hydrogen-bond donors (Lipinski definition) is 2. The number of aromatic carboxylic acids is 1. The molecule has 0 fully saturated rings. The molecule has 1 aromatic heterocycles.